The first-order chi connectivity index (χ1) is 11.7. The quantitative estimate of drug-likeness (QED) is 0.725. The van der Waals surface area contributed by atoms with Crippen LogP contribution in [0, 0.1) is 0 Å². The maximum Gasteiger partial charge on any atom is 0.223 e. The van der Waals surface area contributed by atoms with Crippen LogP contribution in [0.25, 0.3) is 22.3 Å². The monoisotopic (exact) mass is 317 g/mol. The molecule has 0 aliphatic rings. The van der Waals surface area contributed by atoms with E-state index in [4.69, 9.17) is 0 Å². The van der Waals surface area contributed by atoms with Crippen molar-refractivity contribution in [2.75, 3.05) is 11.4 Å². The van der Waals surface area contributed by atoms with Crippen molar-refractivity contribution in [2.24, 2.45) is 0 Å². The number of anilines is 1. The molecule has 0 fully saturated rings. The number of hydrogen-bond donors (Lipinski definition) is 0. The van der Waals surface area contributed by atoms with E-state index in [-0.39, 0.29) is 5.91 Å². The minimum Gasteiger partial charge on any atom is -0.313 e. The van der Waals surface area contributed by atoms with Gasteiger partial charge in [0.2, 0.25) is 5.91 Å². The zero-order chi connectivity index (χ0) is 16.9. The van der Waals surface area contributed by atoms with Crippen LogP contribution in [0.15, 0.2) is 67.3 Å². The second kappa shape index (κ2) is 7.04. The minimum atomic E-state index is 0.0325. The number of benzene rings is 1. The van der Waals surface area contributed by atoms with Gasteiger partial charge in [0.05, 0.1) is 0 Å². The number of hydrogen-bond acceptors (Lipinski definition) is 3. The van der Waals surface area contributed by atoms with Gasteiger partial charge in [0, 0.05) is 43.9 Å². The summed E-state index contributed by atoms with van der Waals surface area (Å²) in [6.07, 6.45) is 7.10. The molecule has 0 bridgehead atoms. The van der Waals surface area contributed by atoms with Gasteiger partial charge in [0.15, 0.2) is 0 Å². The van der Waals surface area contributed by atoms with Crippen molar-refractivity contribution < 1.29 is 4.79 Å². The van der Waals surface area contributed by atoms with Crippen molar-refractivity contribution in [2.45, 2.75) is 13.8 Å². The van der Waals surface area contributed by atoms with Gasteiger partial charge in [0.1, 0.15) is 0 Å². The zero-order valence-corrected chi connectivity index (χ0v) is 13.8. The number of amides is 1. The lowest BCUT2D eigenvalue weighted by atomic mass is 9.98. The lowest BCUT2D eigenvalue weighted by Gasteiger charge is -2.21. The van der Waals surface area contributed by atoms with Crippen LogP contribution in [0.4, 0.5) is 5.69 Å². The van der Waals surface area contributed by atoms with Crippen molar-refractivity contribution >= 4 is 11.6 Å². The molecule has 24 heavy (non-hydrogen) atoms. The third-order valence-electron chi connectivity index (χ3n) is 3.95. The van der Waals surface area contributed by atoms with Crippen molar-refractivity contribution in [1.82, 2.24) is 9.97 Å². The number of pyridine rings is 2. The highest BCUT2D eigenvalue weighted by Crippen LogP contribution is 2.31. The number of carbonyl (C=O) groups is 1. The predicted molar refractivity (Wildman–Crippen MR) is 96.6 cm³/mol. The van der Waals surface area contributed by atoms with Gasteiger partial charge in [-0.2, -0.15) is 0 Å². The topological polar surface area (TPSA) is 46.1 Å². The molecule has 120 valence electrons. The van der Waals surface area contributed by atoms with Gasteiger partial charge >= 0.3 is 0 Å². The molecule has 0 spiro atoms. The molecule has 1 aromatic carbocycles. The van der Waals surface area contributed by atoms with Crippen molar-refractivity contribution in [1.29, 1.82) is 0 Å². The Morgan fingerprint density at radius 2 is 1.29 bits per heavy atom. The first kappa shape index (κ1) is 15.9. The van der Waals surface area contributed by atoms with Gasteiger partial charge in [-0.05, 0) is 71.6 Å². The fourth-order valence-electron chi connectivity index (χ4n) is 2.78. The zero-order valence-electron chi connectivity index (χ0n) is 13.8. The number of aromatic nitrogens is 2. The summed E-state index contributed by atoms with van der Waals surface area (Å²) in [6, 6.07) is 14.1. The Bertz CT molecular complexity index is 774. The fraction of sp³-hybridized carbons (Fsp3) is 0.150. The van der Waals surface area contributed by atoms with Crippen LogP contribution in [0.1, 0.15) is 13.8 Å². The third kappa shape index (κ3) is 3.33. The first-order valence-corrected chi connectivity index (χ1v) is 7.93. The molecule has 0 radical (unpaired) electrons. The molecule has 3 aromatic rings. The first-order valence-electron chi connectivity index (χ1n) is 7.93. The van der Waals surface area contributed by atoms with Crippen LogP contribution >= 0.6 is 0 Å². The Balaban J connectivity index is 2.18. The summed E-state index contributed by atoms with van der Waals surface area (Å²) in [5.41, 5.74) is 5.15. The van der Waals surface area contributed by atoms with Gasteiger partial charge in [-0.25, -0.2) is 0 Å². The molecule has 0 N–H and O–H groups in total. The molecule has 2 aromatic heterocycles. The summed E-state index contributed by atoms with van der Waals surface area (Å²) < 4.78 is 0. The van der Waals surface area contributed by atoms with E-state index in [2.05, 4.69) is 16.0 Å². The molecule has 0 aliphatic carbocycles. The fourth-order valence-corrected chi connectivity index (χ4v) is 2.78. The average molecular weight is 317 g/mol. The molecule has 2 heterocycles. The Kier molecular flexibility index (Phi) is 4.66. The molecule has 0 atom stereocenters. The maximum atomic E-state index is 12.0. The lowest BCUT2D eigenvalue weighted by molar-refractivity contribution is -0.116. The maximum absolute atomic E-state index is 12.0. The largest absolute Gasteiger partial charge is 0.313 e. The summed E-state index contributed by atoms with van der Waals surface area (Å²) in [7, 11) is 0. The van der Waals surface area contributed by atoms with Gasteiger partial charge in [-0.1, -0.05) is 0 Å². The van der Waals surface area contributed by atoms with E-state index in [0.29, 0.717) is 6.54 Å². The second-order valence-corrected chi connectivity index (χ2v) is 5.50. The minimum absolute atomic E-state index is 0.0325. The van der Waals surface area contributed by atoms with E-state index >= 15 is 0 Å². The van der Waals surface area contributed by atoms with Crippen LogP contribution in [-0.2, 0) is 4.79 Å². The summed E-state index contributed by atoms with van der Waals surface area (Å²) in [5.74, 6) is 0.0325. The van der Waals surface area contributed by atoms with Gasteiger partial charge in [0.25, 0.3) is 0 Å². The molecule has 4 heteroatoms. The van der Waals surface area contributed by atoms with E-state index in [0.717, 1.165) is 27.9 Å². The number of rotatable bonds is 4. The second-order valence-electron chi connectivity index (χ2n) is 5.50. The van der Waals surface area contributed by atoms with Crippen LogP contribution < -0.4 is 4.90 Å². The Morgan fingerprint density at radius 1 is 0.833 bits per heavy atom. The summed E-state index contributed by atoms with van der Waals surface area (Å²) in [5, 5.41) is 0. The normalized spacial score (nSPS) is 10.4. The van der Waals surface area contributed by atoms with Crippen molar-refractivity contribution in [3.63, 3.8) is 0 Å². The summed E-state index contributed by atoms with van der Waals surface area (Å²) in [6.45, 7) is 4.20. The lowest BCUT2D eigenvalue weighted by Crippen LogP contribution is -2.27. The molecule has 0 aliphatic heterocycles. The molecule has 1 amide bonds. The molecule has 0 saturated heterocycles. The predicted octanol–water partition coefficient (Wildman–Crippen LogP) is 4.18. The summed E-state index contributed by atoms with van der Waals surface area (Å²) in [4.78, 5) is 21.9. The summed E-state index contributed by atoms with van der Waals surface area (Å²) >= 11 is 0. The highest BCUT2D eigenvalue weighted by Gasteiger charge is 2.13. The molecule has 4 nitrogen and oxygen atoms in total. The average Bonchev–Trinajstić information content (AvgIpc) is 2.63. The van der Waals surface area contributed by atoms with Crippen LogP contribution in [0.5, 0.6) is 0 Å². The SMILES string of the molecule is CCN(C(C)=O)c1cc(-c2ccncc2)cc(-c2ccncc2)c1. The third-order valence-corrected chi connectivity index (χ3v) is 3.95. The highest BCUT2D eigenvalue weighted by molar-refractivity contribution is 5.93. The van der Waals surface area contributed by atoms with Gasteiger partial charge < -0.3 is 4.90 Å². The molecule has 0 unspecified atom stereocenters. The highest BCUT2D eigenvalue weighted by atomic mass is 16.2. The number of carbonyl (C=O) groups excluding carboxylic acids is 1. The molecular formula is C20H19N3O. The van der Waals surface area contributed by atoms with Crippen LogP contribution in [-0.4, -0.2) is 22.4 Å². The molecule has 3 rings (SSSR count). The van der Waals surface area contributed by atoms with E-state index in [9.17, 15) is 4.79 Å². The Morgan fingerprint density at radius 3 is 1.67 bits per heavy atom. The van der Waals surface area contributed by atoms with E-state index in [1.54, 1.807) is 36.6 Å². The van der Waals surface area contributed by atoms with Crippen molar-refractivity contribution in [3.8, 4) is 22.3 Å². The standard InChI is InChI=1S/C20H19N3O/c1-3-23(15(2)24)20-13-18(16-4-8-21-9-5-16)12-19(14-20)17-6-10-22-11-7-17/h4-14H,3H2,1-2H3. The van der Waals surface area contributed by atoms with Crippen molar-refractivity contribution in [3.05, 3.63) is 67.3 Å². The van der Waals surface area contributed by atoms with Crippen LogP contribution in [0.3, 0.4) is 0 Å². The molecule has 0 saturated carbocycles. The number of nitrogens with zero attached hydrogens (tertiary/aromatic N) is 3. The smallest absolute Gasteiger partial charge is 0.223 e. The van der Waals surface area contributed by atoms with Gasteiger partial charge in [-0.15, -0.1) is 0 Å². The van der Waals surface area contributed by atoms with Crippen LogP contribution in [0.2, 0.25) is 0 Å². The van der Waals surface area contributed by atoms with E-state index in [1.807, 2.05) is 43.3 Å². The van der Waals surface area contributed by atoms with E-state index in [1.165, 1.54) is 0 Å². The molecular weight excluding hydrogens is 298 g/mol. The Labute approximate surface area is 141 Å². The van der Waals surface area contributed by atoms with Gasteiger partial charge in [-0.3, -0.25) is 14.8 Å². The Hall–Kier alpha value is -3.01. The van der Waals surface area contributed by atoms with E-state index < -0.39 is 0 Å².